The molecule has 0 heterocycles. The Morgan fingerprint density at radius 1 is 1.33 bits per heavy atom. The zero-order valence-electron chi connectivity index (χ0n) is 6.96. The molecule has 3 nitrogen and oxygen atoms in total. The molecule has 0 aliphatic carbocycles. The average Bonchev–Trinajstić information content (AvgIpc) is 2.09. The highest BCUT2D eigenvalue weighted by molar-refractivity contribution is 5.81. The van der Waals surface area contributed by atoms with Crippen molar-refractivity contribution >= 4 is 5.84 Å². The molecule has 0 amide bonds. The molecule has 0 radical (unpaired) electrons. The molecule has 3 heteroatoms. The molecule has 12 heavy (non-hydrogen) atoms. The molecule has 0 fully saturated rings. The van der Waals surface area contributed by atoms with Gasteiger partial charge in [0, 0.05) is 6.42 Å². The predicted octanol–water partition coefficient (Wildman–Crippen LogP) is 2.55. The van der Waals surface area contributed by atoms with Crippen molar-refractivity contribution in [2.24, 2.45) is 5.11 Å². The van der Waals surface area contributed by atoms with Crippen LogP contribution in [0, 0.1) is 17.9 Å². The van der Waals surface area contributed by atoms with Crippen molar-refractivity contribution in [3.8, 4) is 0 Å². The zero-order valence-corrected chi connectivity index (χ0v) is 6.96. The minimum Gasteiger partial charge on any atom is -0.285 e. The fourth-order valence-corrected chi connectivity index (χ4v) is 0.939. The van der Waals surface area contributed by atoms with Gasteiger partial charge in [-0.15, -0.1) is 5.11 Å². The third kappa shape index (κ3) is 2.27. The van der Waals surface area contributed by atoms with Crippen LogP contribution in [0.2, 0.25) is 0 Å². The van der Waals surface area contributed by atoms with Gasteiger partial charge in [-0.3, -0.25) is 5.41 Å². The third-order valence-electron chi connectivity index (χ3n) is 1.63. The molecular weight excluding hydrogens is 150 g/mol. The molecule has 1 aromatic carbocycles. The summed E-state index contributed by atoms with van der Waals surface area (Å²) in [7, 11) is 0. The Balaban J connectivity index is 2.71. The van der Waals surface area contributed by atoms with Crippen LogP contribution in [0.3, 0.4) is 0 Å². The Hall–Kier alpha value is -1.51. The van der Waals surface area contributed by atoms with Gasteiger partial charge in [0.2, 0.25) is 0 Å². The van der Waals surface area contributed by atoms with Crippen LogP contribution in [0.15, 0.2) is 29.4 Å². The summed E-state index contributed by atoms with van der Waals surface area (Å²) in [5.74, 6) is 0.0962. The number of benzene rings is 1. The van der Waals surface area contributed by atoms with Crippen LogP contribution >= 0.6 is 0 Å². The van der Waals surface area contributed by atoms with Gasteiger partial charge in [-0.25, -0.2) is 5.53 Å². The van der Waals surface area contributed by atoms with Crippen molar-refractivity contribution in [3.05, 3.63) is 35.4 Å². The summed E-state index contributed by atoms with van der Waals surface area (Å²) in [6.07, 6.45) is 0.448. The van der Waals surface area contributed by atoms with Crippen LogP contribution in [0.5, 0.6) is 0 Å². The fourth-order valence-electron chi connectivity index (χ4n) is 0.939. The number of rotatable bonds is 2. The van der Waals surface area contributed by atoms with E-state index in [1.807, 2.05) is 31.2 Å². The molecule has 0 bridgehead atoms. The highest BCUT2D eigenvalue weighted by Crippen LogP contribution is 2.04. The summed E-state index contributed by atoms with van der Waals surface area (Å²) in [5.41, 5.74) is 8.83. The number of nitrogens with zero attached hydrogens (tertiary/aromatic N) is 1. The second-order valence-electron chi connectivity index (χ2n) is 2.72. The Labute approximate surface area is 71.4 Å². The number of amidine groups is 1. The van der Waals surface area contributed by atoms with Crippen molar-refractivity contribution in [3.63, 3.8) is 0 Å². The van der Waals surface area contributed by atoms with E-state index >= 15 is 0 Å². The second-order valence-corrected chi connectivity index (χ2v) is 2.72. The van der Waals surface area contributed by atoms with E-state index in [1.165, 1.54) is 5.56 Å². The molecule has 0 saturated carbocycles. The van der Waals surface area contributed by atoms with E-state index in [9.17, 15) is 0 Å². The Bertz CT molecular complexity index is 287. The topological polar surface area (TPSA) is 60.1 Å². The number of nitrogens with one attached hydrogen (secondary N) is 2. The smallest absolute Gasteiger partial charge is 0.147 e. The van der Waals surface area contributed by atoms with Crippen molar-refractivity contribution in [1.29, 1.82) is 10.9 Å². The van der Waals surface area contributed by atoms with Gasteiger partial charge < -0.3 is 0 Å². The molecule has 2 N–H and O–H groups in total. The summed E-state index contributed by atoms with van der Waals surface area (Å²) in [6.45, 7) is 2.02. The van der Waals surface area contributed by atoms with E-state index in [-0.39, 0.29) is 5.84 Å². The summed E-state index contributed by atoms with van der Waals surface area (Å²) >= 11 is 0. The lowest BCUT2D eigenvalue weighted by molar-refractivity contribution is 1.11. The minimum absolute atomic E-state index is 0.0962. The van der Waals surface area contributed by atoms with Crippen molar-refractivity contribution in [2.75, 3.05) is 0 Å². The highest BCUT2D eigenvalue weighted by atomic mass is 15.0. The van der Waals surface area contributed by atoms with Gasteiger partial charge >= 0.3 is 0 Å². The first kappa shape index (κ1) is 8.59. The van der Waals surface area contributed by atoms with Crippen LogP contribution in [-0.4, -0.2) is 5.84 Å². The van der Waals surface area contributed by atoms with Gasteiger partial charge in [0.25, 0.3) is 0 Å². The number of aryl methyl sites for hydroxylation is 1. The Kier molecular flexibility index (Phi) is 2.69. The van der Waals surface area contributed by atoms with Crippen LogP contribution in [0.4, 0.5) is 0 Å². The zero-order chi connectivity index (χ0) is 8.97. The average molecular weight is 161 g/mol. The lowest BCUT2D eigenvalue weighted by Gasteiger charge is -1.98. The van der Waals surface area contributed by atoms with Gasteiger partial charge in [0.1, 0.15) is 5.84 Å². The molecule has 1 rings (SSSR count). The maximum atomic E-state index is 7.17. The maximum absolute atomic E-state index is 7.17. The van der Waals surface area contributed by atoms with E-state index in [4.69, 9.17) is 10.9 Å². The molecule has 62 valence electrons. The van der Waals surface area contributed by atoms with Crippen LogP contribution in [0.1, 0.15) is 11.1 Å². The molecule has 0 aliphatic rings. The molecule has 0 atom stereocenters. The molecule has 0 saturated heterocycles. The Morgan fingerprint density at radius 3 is 2.42 bits per heavy atom. The van der Waals surface area contributed by atoms with E-state index in [0.29, 0.717) is 6.42 Å². The van der Waals surface area contributed by atoms with Crippen LogP contribution in [-0.2, 0) is 6.42 Å². The lowest BCUT2D eigenvalue weighted by Crippen LogP contribution is -1.95. The molecule has 0 aliphatic heterocycles. The fraction of sp³-hybridized carbons (Fsp3) is 0.222. The van der Waals surface area contributed by atoms with Crippen molar-refractivity contribution in [2.45, 2.75) is 13.3 Å². The van der Waals surface area contributed by atoms with E-state index in [2.05, 4.69) is 5.11 Å². The summed E-state index contributed by atoms with van der Waals surface area (Å²) in [5, 5.41) is 10.2. The van der Waals surface area contributed by atoms with Crippen LogP contribution < -0.4 is 0 Å². The van der Waals surface area contributed by atoms with Crippen molar-refractivity contribution in [1.82, 2.24) is 0 Å². The second kappa shape index (κ2) is 3.76. The number of hydrogen-bond acceptors (Lipinski definition) is 2. The highest BCUT2D eigenvalue weighted by Gasteiger charge is 1.96. The summed E-state index contributed by atoms with van der Waals surface area (Å²) < 4.78 is 0. The molecule has 0 unspecified atom stereocenters. The lowest BCUT2D eigenvalue weighted by atomic mass is 10.1. The predicted molar refractivity (Wildman–Crippen MR) is 47.8 cm³/mol. The largest absolute Gasteiger partial charge is 0.285 e. The third-order valence-corrected chi connectivity index (χ3v) is 1.63. The Morgan fingerprint density at radius 2 is 1.92 bits per heavy atom. The minimum atomic E-state index is 0.0962. The van der Waals surface area contributed by atoms with Gasteiger partial charge in [-0.05, 0) is 12.5 Å². The normalized spacial score (nSPS) is 9.42. The van der Waals surface area contributed by atoms with Gasteiger partial charge in [-0.2, -0.15) is 0 Å². The quantitative estimate of drug-likeness (QED) is 0.380. The van der Waals surface area contributed by atoms with Gasteiger partial charge in [0.15, 0.2) is 0 Å². The van der Waals surface area contributed by atoms with Gasteiger partial charge in [0.05, 0.1) is 0 Å². The molecule has 1 aromatic rings. The van der Waals surface area contributed by atoms with Gasteiger partial charge in [-0.1, -0.05) is 29.8 Å². The molecule has 0 aromatic heterocycles. The first-order valence-corrected chi connectivity index (χ1v) is 3.73. The van der Waals surface area contributed by atoms with Crippen LogP contribution in [0.25, 0.3) is 0 Å². The first-order chi connectivity index (χ1) is 5.72. The standard InChI is InChI=1S/C9H11N3/c1-7-2-4-8(5-3-7)6-9(10)12-11/h2-5,10-11H,6H2,1H3. The molecule has 0 spiro atoms. The monoisotopic (exact) mass is 161 g/mol. The van der Waals surface area contributed by atoms with E-state index < -0.39 is 0 Å². The SMILES string of the molecule is Cc1ccc(CC(=N)N=N)cc1. The summed E-state index contributed by atoms with van der Waals surface area (Å²) in [6, 6.07) is 7.89. The van der Waals surface area contributed by atoms with E-state index in [0.717, 1.165) is 5.56 Å². The van der Waals surface area contributed by atoms with E-state index in [1.54, 1.807) is 0 Å². The number of hydrogen-bond donors (Lipinski definition) is 2. The van der Waals surface area contributed by atoms with Crippen molar-refractivity contribution < 1.29 is 0 Å². The first-order valence-electron chi connectivity index (χ1n) is 3.73. The molecular formula is C9H11N3. The maximum Gasteiger partial charge on any atom is 0.147 e. The summed E-state index contributed by atoms with van der Waals surface area (Å²) in [4.78, 5) is 0.